The Morgan fingerprint density at radius 3 is 2.89 bits per heavy atom. The van der Waals surface area contributed by atoms with Crippen molar-refractivity contribution in [3.05, 3.63) is 47.3 Å². The molecule has 1 saturated heterocycles. The standard InChI is InChI=1S/C20H24N4O3.H2/c1-26-18-5-4-14-8-17(9-15(14)10-18)23-20-21-11-16(12-22-20)19(25)24-6-2-3-7-27-13-24;/h4-5,10-12,17H,2-3,6-9,13H2,1H3,(H,21,22,23);1H. The van der Waals surface area contributed by atoms with Crippen LogP contribution in [-0.4, -0.2) is 53.8 Å². The van der Waals surface area contributed by atoms with E-state index >= 15 is 0 Å². The van der Waals surface area contributed by atoms with E-state index in [2.05, 4.69) is 27.4 Å². The average molecular weight is 370 g/mol. The molecule has 0 bridgehead atoms. The van der Waals surface area contributed by atoms with Gasteiger partial charge in [-0.1, -0.05) is 6.07 Å². The molecule has 0 saturated carbocycles. The second kappa shape index (κ2) is 7.92. The second-order valence-electron chi connectivity index (χ2n) is 6.99. The maximum atomic E-state index is 12.6. The quantitative estimate of drug-likeness (QED) is 0.891. The van der Waals surface area contributed by atoms with E-state index in [9.17, 15) is 4.79 Å². The van der Waals surface area contributed by atoms with Crippen LogP contribution >= 0.6 is 0 Å². The third kappa shape index (κ3) is 4.03. The normalized spacial score (nSPS) is 19.3. The third-order valence-electron chi connectivity index (χ3n) is 5.08. The van der Waals surface area contributed by atoms with Crippen LogP contribution in [0.15, 0.2) is 30.6 Å². The van der Waals surface area contributed by atoms with Gasteiger partial charge in [-0.15, -0.1) is 0 Å². The molecule has 1 aromatic carbocycles. The van der Waals surface area contributed by atoms with Crippen LogP contribution < -0.4 is 10.1 Å². The van der Waals surface area contributed by atoms with Crippen LogP contribution in [0.1, 0.15) is 35.8 Å². The van der Waals surface area contributed by atoms with Gasteiger partial charge < -0.3 is 19.7 Å². The van der Waals surface area contributed by atoms with E-state index in [1.807, 2.05) is 6.07 Å². The van der Waals surface area contributed by atoms with Crippen molar-refractivity contribution >= 4 is 11.9 Å². The maximum absolute atomic E-state index is 12.6. The van der Waals surface area contributed by atoms with Crippen LogP contribution in [0.25, 0.3) is 0 Å². The molecular formula is C20H26N4O3. The Bertz CT molecular complexity index is 808. The number of fused-ring (bicyclic) bond motifs is 1. The molecule has 144 valence electrons. The van der Waals surface area contributed by atoms with Crippen LogP contribution in [0.2, 0.25) is 0 Å². The molecule has 1 aliphatic carbocycles. The predicted molar refractivity (Wildman–Crippen MR) is 103 cm³/mol. The summed E-state index contributed by atoms with van der Waals surface area (Å²) in [6.45, 7) is 1.75. The van der Waals surface area contributed by atoms with Gasteiger partial charge in [0, 0.05) is 33.0 Å². The molecule has 7 nitrogen and oxygen atoms in total. The molecule has 1 N–H and O–H groups in total. The first-order valence-electron chi connectivity index (χ1n) is 9.34. The van der Waals surface area contributed by atoms with E-state index in [-0.39, 0.29) is 13.4 Å². The predicted octanol–water partition coefficient (Wildman–Crippen LogP) is 2.52. The maximum Gasteiger partial charge on any atom is 0.258 e. The molecule has 7 heteroatoms. The average Bonchev–Trinajstić information content (AvgIpc) is 2.90. The number of benzene rings is 1. The molecule has 2 heterocycles. The fourth-order valence-electron chi connectivity index (χ4n) is 3.61. The van der Waals surface area contributed by atoms with Crippen LogP contribution in [0, 0.1) is 0 Å². The lowest BCUT2D eigenvalue weighted by Gasteiger charge is -2.19. The fraction of sp³-hybridized carbons (Fsp3) is 0.450. The Morgan fingerprint density at radius 1 is 1.26 bits per heavy atom. The minimum absolute atomic E-state index is 0. The fourth-order valence-corrected chi connectivity index (χ4v) is 3.61. The van der Waals surface area contributed by atoms with E-state index in [1.165, 1.54) is 11.1 Å². The summed E-state index contributed by atoms with van der Waals surface area (Å²) in [6.07, 6.45) is 6.95. The van der Waals surface area contributed by atoms with Crippen LogP contribution in [-0.2, 0) is 17.6 Å². The van der Waals surface area contributed by atoms with E-state index in [4.69, 9.17) is 9.47 Å². The molecule has 0 spiro atoms. The number of aromatic nitrogens is 2. The van der Waals surface area contributed by atoms with E-state index in [1.54, 1.807) is 24.4 Å². The SMILES string of the molecule is COc1ccc2c(c1)CC(Nc1ncc(C(=O)N3CCCCOC3)cn1)C2.[HH]. The highest BCUT2D eigenvalue weighted by Gasteiger charge is 2.23. The number of carbonyl (C=O) groups excluding carboxylic acids is 1. The van der Waals surface area contributed by atoms with Crippen molar-refractivity contribution in [2.45, 2.75) is 31.7 Å². The summed E-state index contributed by atoms with van der Waals surface area (Å²) < 4.78 is 10.7. The zero-order valence-corrected chi connectivity index (χ0v) is 15.5. The molecule has 1 unspecified atom stereocenters. The molecule has 2 aliphatic rings. The summed E-state index contributed by atoms with van der Waals surface area (Å²) in [5, 5.41) is 3.37. The van der Waals surface area contributed by atoms with Crippen molar-refractivity contribution in [1.29, 1.82) is 0 Å². The number of nitrogens with one attached hydrogen (secondary N) is 1. The largest absolute Gasteiger partial charge is 0.497 e. The smallest absolute Gasteiger partial charge is 0.258 e. The number of nitrogens with zero attached hydrogens (tertiary/aromatic N) is 3. The van der Waals surface area contributed by atoms with Gasteiger partial charge in [0.2, 0.25) is 5.95 Å². The molecule has 2 aromatic rings. The minimum Gasteiger partial charge on any atom is -0.497 e. The Balaban J connectivity index is 0.00000225. The van der Waals surface area contributed by atoms with Gasteiger partial charge in [0.05, 0.1) is 12.7 Å². The van der Waals surface area contributed by atoms with Gasteiger partial charge in [-0.2, -0.15) is 0 Å². The Kier molecular flexibility index (Phi) is 5.20. The van der Waals surface area contributed by atoms with Gasteiger partial charge >= 0.3 is 0 Å². The molecule has 1 amide bonds. The van der Waals surface area contributed by atoms with E-state index < -0.39 is 0 Å². The number of ether oxygens (including phenoxy) is 2. The molecule has 0 radical (unpaired) electrons. The molecule has 27 heavy (non-hydrogen) atoms. The van der Waals surface area contributed by atoms with Gasteiger partial charge in [-0.25, -0.2) is 9.97 Å². The highest BCUT2D eigenvalue weighted by Crippen LogP contribution is 2.27. The molecule has 1 aliphatic heterocycles. The Labute approximate surface area is 160 Å². The van der Waals surface area contributed by atoms with Crippen molar-refractivity contribution in [3.63, 3.8) is 0 Å². The zero-order chi connectivity index (χ0) is 18.6. The number of hydrogen-bond donors (Lipinski definition) is 1. The van der Waals surface area contributed by atoms with Crippen molar-refractivity contribution in [2.75, 3.05) is 32.3 Å². The molecule has 4 rings (SSSR count). The number of amides is 1. The summed E-state index contributed by atoms with van der Waals surface area (Å²) in [7, 11) is 1.68. The number of methoxy groups -OCH3 is 1. The van der Waals surface area contributed by atoms with Crippen LogP contribution in [0.5, 0.6) is 5.75 Å². The van der Waals surface area contributed by atoms with Gasteiger partial charge in [-0.05, 0) is 48.9 Å². The second-order valence-corrected chi connectivity index (χ2v) is 6.99. The first-order valence-corrected chi connectivity index (χ1v) is 9.34. The highest BCUT2D eigenvalue weighted by atomic mass is 16.5. The van der Waals surface area contributed by atoms with Crippen molar-refractivity contribution in [2.24, 2.45) is 0 Å². The van der Waals surface area contributed by atoms with Gasteiger partial charge in [0.1, 0.15) is 12.5 Å². The summed E-state index contributed by atoms with van der Waals surface area (Å²) in [5.41, 5.74) is 3.10. The topological polar surface area (TPSA) is 76.6 Å². The van der Waals surface area contributed by atoms with Gasteiger partial charge in [0.15, 0.2) is 0 Å². The molecular weight excluding hydrogens is 344 g/mol. The van der Waals surface area contributed by atoms with Crippen LogP contribution in [0.4, 0.5) is 5.95 Å². The highest BCUT2D eigenvalue weighted by molar-refractivity contribution is 5.93. The zero-order valence-electron chi connectivity index (χ0n) is 15.5. The third-order valence-corrected chi connectivity index (χ3v) is 5.08. The summed E-state index contributed by atoms with van der Waals surface area (Å²) in [5.74, 6) is 1.35. The number of hydrogen-bond acceptors (Lipinski definition) is 6. The molecule has 1 fully saturated rings. The monoisotopic (exact) mass is 370 g/mol. The first kappa shape index (κ1) is 17.7. The number of carbonyl (C=O) groups is 1. The van der Waals surface area contributed by atoms with Crippen LogP contribution in [0.3, 0.4) is 0 Å². The van der Waals surface area contributed by atoms with E-state index in [0.29, 0.717) is 31.4 Å². The summed E-state index contributed by atoms with van der Waals surface area (Å²) >= 11 is 0. The number of rotatable bonds is 4. The lowest BCUT2D eigenvalue weighted by molar-refractivity contribution is 0.0368. The lowest BCUT2D eigenvalue weighted by atomic mass is 10.1. The molecule has 1 aromatic heterocycles. The number of anilines is 1. The van der Waals surface area contributed by atoms with Crippen molar-refractivity contribution in [3.8, 4) is 5.75 Å². The summed E-state index contributed by atoms with van der Waals surface area (Å²) in [4.78, 5) is 22.9. The first-order chi connectivity index (χ1) is 13.2. The minimum atomic E-state index is -0.0798. The van der Waals surface area contributed by atoms with Crippen molar-refractivity contribution < 1.29 is 15.7 Å². The Morgan fingerprint density at radius 2 is 2.07 bits per heavy atom. The molecule has 1 atom stereocenters. The van der Waals surface area contributed by atoms with Crippen molar-refractivity contribution in [1.82, 2.24) is 14.9 Å². The van der Waals surface area contributed by atoms with E-state index in [0.717, 1.165) is 31.4 Å². The summed E-state index contributed by atoms with van der Waals surface area (Å²) in [6, 6.07) is 6.43. The lowest BCUT2D eigenvalue weighted by Crippen LogP contribution is -2.33. The Hall–Kier alpha value is -2.67. The van der Waals surface area contributed by atoms with Gasteiger partial charge in [0.25, 0.3) is 5.91 Å². The van der Waals surface area contributed by atoms with Gasteiger partial charge in [-0.3, -0.25) is 4.79 Å².